The predicted molar refractivity (Wildman–Crippen MR) is 81.8 cm³/mol. The van der Waals surface area contributed by atoms with Crippen molar-refractivity contribution in [3.05, 3.63) is 29.8 Å². The first kappa shape index (κ1) is 15.3. The van der Waals surface area contributed by atoms with E-state index >= 15 is 0 Å². The molecule has 2 rings (SSSR count). The molecule has 1 atom stereocenters. The highest BCUT2D eigenvalue weighted by Crippen LogP contribution is 2.72. The van der Waals surface area contributed by atoms with E-state index in [1.54, 1.807) is 7.11 Å². The third-order valence-electron chi connectivity index (χ3n) is 5.31. The van der Waals surface area contributed by atoms with Gasteiger partial charge in [-0.15, -0.1) is 0 Å². The van der Waals surface area contributed by atoms with Crippen LogP contribution in [0, 0.1) is 16.7 Å². The molecule has 20 heavy (non-hydrogen) atoms. The summed E-state index contributed by atoms with van der Waals surface area (Å²) in [5.41, 5.74) is 8.19. The van der Waals surface area contributed by atoms with E-state index in [-0.39, 0.29) is 16.9 Å². The van der Waals surface area contributed by atoms with E-state index < -0.39 is 0 Å². The van der Waals surface area contributed by atoms with Crippen molar-refractivity contribution >= 4 is 0 Å². The SMILES string of the molecule is COCCOc1ccccc1C(N)C1C(C)(C)C1(C)C. The molecule has 0 saturated heterocycles. The maximum atomic E-state index is 6.55. The van der Waals surface area contributed by atoms with E-state index in [2.05, 4.69) is 33.8 Å². The van der Waals surface area contributed by atoms with Crippen LogP contribution in [0.5, 0.6) is 5.75 Å². The highest BCUT2D eigenvalue weighted by molar-refractivity contribution is 5.38. The minimum absolute atomic E-state index is 0.0127. The number of rotatable bonds is 6. The summed E-state index contributed by atoms with van der Waals surface area (Å²) in [6.07, 6.45) is 0. The molecule has 3 heteroatoms. The number of para-hydroxylation sites is 1. The highest BCUT2D eigenvalue weighted by atomic mass is 16.5. The minimum Gasteiger partial charge on any atom is -0.491 e. The molecule has 1 unspecified atom stereocenters. The topological polar surface area (TPSA) is 44.5 Å². The second-order valence-corrected chi connectivity index (χ2v) is 6.83. The van der Waals surface area contributed by atoms with Crippen molar-refractivity contribution in [2.24, 2.45) is 22.5 Å². The van der Waals surface area contributed by atoms with Crippen molar-refractivity contribution in [2.45, 2.75) is 33.7 Å². The zero-order valence-corrected chi connectivity index (χ0v) is 13.3. The number of nitrogens with two attached hydrogens (primary N) is 1. The summed E-state index contributed by atoms with van der Waals surface area (Å²) in [6.45, 7) is 10.3. The number of benzene rings is 1. The van der Waals surface area contributed by atoms with Crippen molar-refractivity contribution in [1.29, 1.82) is 0 Å². The minimum atomic E-state index is 0.0127. The van der Waals surface area contributed by atoms with Gasteiger partial charge in [0.15, 0.2) is 0 Å². The molecule has 1 aliphatic rings. The van der Waals surface area contributed by atoms with E-state index in [1.807, 2.05) is 18.2 Å². The molecule has 112 valence electrons. The van der Waals surface area contributed by atoms with Gasteiger partial charge in [0.1, 0.15) is 12.4 Å². The van der Waals surface area contributed by atoms with Gasteiger partial charge in [0, 0.05) is 18.7 Å². The summed E-state index contributed by atoms with van der Waals surface area (Å²) < 4.78 is 10.8. The first-order valence-electron chi connectivity index (χ1n) is 7.30. The molecule has 0 spiro atoms. The smallest absolute Gasteiger partial charge is 0.124 e. The normalized spacial score (nSPS) is 21.5. The summed E-state index contributed by atoms with van der Waals surface area (Å²) in [5.74, 6) is 1.36. The fraction of sp³-hybridized carbons (Fsp3) is 0.647. The van der Waals surface area contributed by atoms with Crippen molar-refractivity contribution in [3.8, 4) is 5.75 Å². The summed E-state index contributed by atoms with van der Waals surface area (Å²) >= 11 is 0. The summed E-state index contributed by atoms with van der Waals surface area (Å²) in [7, 11) is 1.68. The van der Waals surface area contributed by atoms with Crippen LogP contribution < -0.4 is 10.5 Å². The van der Waals surface area contributed by atoms with E-state index in [0.717, 1.165) is 11.3 Å². The number of ether oxygens (including phenoxy) is 2. The van der Waals surface area contributed by atoms with Gasteiger partial charge in [-0.2, -0.15) is 0 Å². The van der Waals surface area contributed by atoms with Gasteiger partial charge in [-0.05, 0) is 22.8 Å². The van der Waals surface area contributed by atoms with Crippen LogP contribution in [0.3, 0.4) is 0 Å². The quantitative estimate of drug-likeness (QED) is 0.811. The average molecular weight is 277 g/mol. The van der Waals surface area contributed by atoms with Gasteiger partial charge in [-0.25, -0.2) is 0 Å². The number of methoxy groups -OCH3 is 1. The van der Waals surface area contributed by atoms with Crippen LogP contribution in [0.25, 0.3) is 0 Å². The standard InChI is InChI=1S/C17H27NO2/c1-16(2)15(17(16,3)4)14(18)12-8-6-7-9-13(12)20-11-10-19-5/h6-9,14-15H,10-11,18H2,1-5H3. The Hall–Kier alpha value is -1.06. The second kappa shape index (κ2) is 5.38. The highest BCUT2D eigenvalue weighted by Gasteiger charge is 2.66. The van der Waals surface area contributed by atoms with Crippen molar-refractivity contribution < 1.29 is 9.47 Å². The first-order chi connectivity index (χ1) is 9.34. The van der Waals surface area contributed by atoms with Crippen molar-refractivity contribution in [1.82, 2.24) is 0 Å². The lowest BCUT2D eigenvalue weighted by Gasteiger charge is -2.18. The molecule has 1 fully saturated rings. The van der Waals surface area contributed by atoms with Crippen molar-refractivity contribution in [3.63, 3.8) is 0 Å². The molecule has 1 aromatic carbocycles. The zero-order chi connectivity index (χ0) is 15.0. The van der Waals surface area contributed by atoms with E-state index in [0.29, 0.717) is 19.1 Å². The molecule has 3 nitrogen and oxygen atoms in total. The molecule has 0 aromatic heterocycles. The molecular weight excluding hydrogens is 250 g/mol. The molecule has 0 bridgehead atoms. The maximum Gasteiger partial charge on any atom is 0.124 e. The van der Waals surface area contributed by atoms with Gasteiger partial charge < -0.3 is 15.2 Å². The van der Waals surface area contributed by atoms with Gasteiger partial charge in [0.05, 0.1) is 6.61 Å². The van der Waals surface area contributed by atoms with Gasteiger partial charge in [0.2, 0.25) is 0 Å². The average Bonchev–Trinajstić information content (AvgIpc) is 2.80. The Bertz CT molecular complexity index is 454. The van der Waals surface area contributed by atoms with E-state index in [9.17, 15) is 0 Å². The molecule has 0 amide bonds. The van der Waals surface area contributed by atoms with Crippen LogP contribution in [0.15, 0.2) is 24.3 Å². The van der Waals surface area contributed by atoms with Gasteiger partial charge >= 0.3 is 0 Å². The lowest BCUT2D eigenvalue weighted by Crippen LogP contribution is -2.18. The number of hydrogen-bond donors (Lipinski definition) is 1. The van der Waals surface area contributed by atoms with Crippen LogP contribution in [0.2, 0.25) is 0 Å². The molecular formula is C17H27NO2. The Labute approximate surface area is 122 Å². The van der Waals surface area contributed by atoms with Gasteiger partial charge in [-0.3, -0.25) is 0 Å². The lowest BCUT2D eigenvalue weighted by atomic mass is 9.96. The Kier molecular flexibility index (Phi) is 4.12. The Morgan fingerprint density at radius 3 is 2.25 bits per heavy atom. The maximum absolute atomic E-state index is 6.55. The third kappa shape index (κ3) is 2.45. The molecule has 1 aromatic rings. The summed E-state index contributed by atoms with van der Waals surface area (Å²) in [6, 6.07) is 8.10. The largest absolute Gasteiger partial charge is 0.491 e. The Balaban J connectivity index is 2.17. The van der Waals surface area contributed by atoms with Gasteiger partial charge in [-0.1, -0.05) is 45.9 Å². The second-order valence-electron chi connectivity index (χ2n) is 6.83. The first-order valence-corrected chi connectivity index (χ1v) is 7.30. The molecule has 1 saturated carbocycles. The van der Waals surface area contributed by atoms with Crippen molar-refractivity contribution in [2.75, 3.05) is 20.3 Å². The molecule has 2 N–H and O–H groups in total. The Morgan fingerprint density at radius 1 is 1.10 bits per heavy atom. The molecule has 0 aliphatic heterocycles. The van der Waals surface area contributed by atoms with E-state index in [1.165, 1.54) is 0 Å². The predicted octanol–water partition coefficient (Wildman–Crippen LogP) is 3.39. The lowest BCUT2D eigenvalue weighted by molar-refractivity contribution is 0.145. The fourth-order valence-electron chi connectivity index (χ4n) is 3.45. The Morgan fingerprint density at radius 2 is 1.70 bits per heavy atom. The molecule has 0 radical (unpaired) electrons. The monoisotopic (exact) mass is 277 g/mol. The van der Waals surface area contributed by atoms with Crippen LogP contribution in [-0.4, -0.2) is 20.3 Å². The third-order valence-corrected chi connectivity index (χ3v) is 5.31. The van der Waals surface area contributed by atoms with Crippen LogP contribution in [0.1, 0.15) is 39.3 Å². The summed E-state index contributed by atoms with van der Waals surface area (Å²) in [4.78, 5) is 0. The van der Waals surface area contributed by atoms with Crippen LogP contribution in [-0.2, 0) is 4.74 Å². The molecule has 0 heterocycles. The molecule has 1 aliphatic carbocycles. The van der Waals surface area contributed by atoms with Crippen LogP contribution in [0.4, 0.5) is 0 Å². The fourth-order valence-corrected chi connectivity index (χ4v) is 3.45. The number of hydrogen-bond acceptors (Lipinski definition) is 3. The van der Waals surface area contributed by atoms with Gasteiger partial charge in [0.25, 0.3) is 0 Å². The summed E-state index contributed by atoms with van der Waals surface area (Å²) in [5, 5.41) is 0. The van der Waals surface area contributed by atoms with E-state index in [4.69, 9.17) is 15.2 Å². The zero-order valence-electron chi connectivity index (χ0n) is 13.3. The van der Waals surface area contributed by atoms with Crippen LogP contribution >= 0.6 is 0 Å².